The maximum Gasteiger partial charge on any atom is 0.305 e. The minimum atomic E-state index is -1.68. The number of rotatable bonds is 8. The molecule has 6 atom stereocenters. The Morgan fingerprint density at radius 1 is 1.00 bits per heavy atom. The molecule has 0 aromatic heterocycles. The monoisotopic (exact) mass is 687 g/mol. The van der Waals surface area contributed by atoms with Crippen LogP contribution in [0.15, 0.2) is 78.4 Å². The van der Waals surface area contributed by atoms with Crippen molar-refractivity contribution in [3.63, 3.8) is 0 Å². The molecule has 3 fully saturated rings. The third-order valence-corrected chi connectivity index (χ3v) is 10.7. The number of carboxylic acid groups (broad SMARTS) is 1. The lowest BCUT2D eigenvalue weighted by Gasteiger charge is -2.50. The Hall–Kier alpha value is -5.23. The summed E-state index contributed by atoms with van der Waals surface area (Å²) in [6.07, 6.45) is 1.53. The molecule has 7 rings (SSSR count). The van der Waals surface area contributed by atoms with Crippen LogP contribution in [0.3, 0.4) is 0 Å². The van der Waals surface area contributed by atoms with Gasteiger partial charge < -0.3 is 14.9 Å². The summed E-state index contributed by atoms with van der Waals surface area (Å²) in [6, 6.07) is 16.3. The minimum absolute atomic E-state index is 0.00514. The predicted molar refractivity (Wildman–Crippen MR) is 173 cm³/mol. The number of fused-ring (bicyclic) bond motifs is 4. The highest BCUT2D eigenvalue weighted by atomic mass is 35.5. The number of hydrogen-bond acceptors (Lipinski definition) is 8. The van der Waals surface area contributed by atoms with E-state index in [1.54, 1.807) is 36.4 Å². The third-order valence-electron chi connectivity index (χ3n) is 10.4. The topological polar surface area (TPSA) is 154 Å². The zero-order valence-electron chi connectivity index (χ0n) is 26.1. The van der Waals surface area contributed by atoms with E-state index in [2.05, 4.69) is 5.43 Å². The lowest BCUT2D eigenvalue weighted by atomic mass is 9.49. The maximum atomic E-state index is 15.1. The van der Waals surface area contributed by atoms with Crippen LogP contribution in [0.5, 0.6) is 11.5 Å². The number of hydrazine groups is 1. The number of imide groups is 2. The number of carbonyl (C=O) groups excluding carboxylic acids is 4. The van der Waals surface area contributed by atoms with Crippen LogP contribution in [-0.2, 0) is 29.4 Å². The molecule has 1 saturated carbocycles. The first-order chi connectivity index (χ1) is 23.5. The number of benzene rings is 3. The van der Waals surface area contributed by atoms with Gasteiger partial charge in [-0.2, -0.15) is 5.01 Å². The van der Waals surface area contributed by atoms with Gasteiger partial charge in [0.2, 0.25) is 11.8 Å². The summed E-state index contributed by atoms with van der Waals surface area (Å²) in [4.78, 5) is 69.6. The molecule has 13 heteroatoms. The van der Waals surface area contributed by atoms with Gasteiger partial charge in [-0.15, -0.1) is 0 Å². The fourth-order valence-electron chi connectivity index (χ4n) is 8.38. The first-order valence-corrected chi connectivity index (χ1v) is 16.2. The van der Waals surface area contributed by atoms with E-state index in [1.165, 1.54) is 37.4 Å². The van der Waals surface area contributed by atoms with E-state index in [1.807, 2.05) is 6.08 Å². The molecule has 0 bridgehead atoms. The normalized spacial score (nSPS) is 27.4. The van der Waals surface area contributed by atoms with E-state index in [0.29, 0.717) is 21.9 Å². The van der Waals surface area contributed by atoms with Crippen molar-refractivity contribution in [3.05, 3.63) is 100 Å². The first kappa shape index (κ1) is 32.3. The fraction of sp³-hybridized carbons (Fsp3) is 0.306. The van der Waals surface area contributed by atoms with Gasteiger partial charge in [0.1, 0.15) is 17.3 Å². The van der Waals surface area contributed by atoms with Crippen molar-refractivity contribution < 1.29 is 43.3 Å². The molecular formula is C36H31ClFN3O8. The molecule has 2 heterocycles. The largest absolute Gasteiger partial charge is 0.508 e. The summed E-state index contributed by atoms with van der Waals surface area (Å²) in [5, 5.41) is 22.0. The minimum Gasteiger partial charge on any atom is -0.508 e. The summed E-state index contributed by atoms with van der Waals surface area (Å²) >= 11 is 6.30. The maximum absolute atomic E-state index is 15.1. The quantitative estimate of drug-likeness (QED) is 0.227. The zero-order valence-corrected chi connectivity index (χ0v) is 26.9. The Bertz CT molecular complexity index is 1930. The standard InChI is InChI=1S/C36H31ClFN3O8/c1-49-22-10-13-28(42)26(16-22)31-23-11-12-24-30(34(47)40(32(24)45)15-14-29(43)44)25(23)17-27-33(46)41(39-21-8-6-20(38)7-9-21)35(48)36(27,31)18-2-4-19(37)5-3-18/h2-11,13,16,24-25,27,30-31,39,42H,12,14-15,17H2,1H3,(H,43,44). The van der Waals surface area contributed by atoms with Crippen molar-refractivity contribution >= 4 is 46.9 Å². The number of allylic oxidation sites excluding steroid dienone is 2. The van der Waals surface area contributed by atoms with E-state index in [0.717, 1.165) is 9.91 Å². The Balaban J connectivity index is 1.44. The van der Waals surface area contributed by atoms with Crippen LogP contribution < -0.4 is 10.2 Å². The summed E-state index contributed by atoms with van der Waals surface area (Å²) in [5.74, 6) is -8.28. The second-order valence-electron chi connectivity index (χ2n) is 12.8. The SMILES string of the molecule is COc1ccc(O)c(C2C3=CCC4C(=O)N(CCC(=O)O)C(=O)C4C3CC3C(=O)N(Nc4ccc(F)cc4)C(=O)C32c2ccc(Cl)cc2)c1. The highest BCUT2D eigenvalue weighted by Gasteiger charge is 2.70. The molecule has 3 aromatic carbocycles. The molecule has 11 nitrogen and oxygen atoms in total. The van der Waals surface area contributed by atoms with E-state index < -0.39 is 76.8 Å². The molecule has 2 aliphatic heterocycles. The van der Waals surface area contributed by atoms with Gasteiger partial charge in [0.15, 0.2) is 0 Å². The molecule has 0 spiro atoms. The summed E-state index contributed by atoms with van der Waals surface area (Å²) in [7, 11) is 1.45. The molecule has 3 aromatic rings. The van der Waals surface area contributed by atoms with Crippen molar-refractivity contribution in [2.24, 2.45) is 23.7 Å². The number of carboxylic acids is 1. The molecule has 252 valence electrons. The molecule has 2 saturated heterocycles. The smallest absolute Gasteiger partial charge is 0.305 e. The van der Waals surface area contributed by atoms with E-state index >= 15 is 4.79 Å². The van der Waals surface area contributed by atoms with Gasteiger partial charge in [-0.1, -0.05) is 35.4 Å². The van der Waals surface area contributed by atoms with Crippen LogP contribution in [0, 0.1) is 29.5 Å². The average molecular weight is 688 g/mol. The number of amides is 4. The van der Waals surface area contributed by atoms with Gasteiger partial charge in [-0.05, 0) is 78.9 Å². The number of nitrogens with zero attached hydrogens (tertiary/aromatic N) is 2. The number of halogens is 2. The molecule has 3 N–H and O–H groups in total. The second kappa shape index (κ2) is 12.0. The number of carbonyl (C=O) groups is 5. The Labute approximate surface area is 284 Å². The molecular weight excluding hydrogens is 657 g/mol. The average Bonchev–Trinajstić information content (AvgIpc) is 3.46. The zero-order chi connectivity index (χ0) is 34.8. The first-order valence-electron chi connectivity index (χ1n) is 15.8. The summed E-state index contributed by atoms with van der Waals surface area (Å²) in [6.45, 7) is -0.285. The predicted octanol–water partition coefficient (Wildman–Crippen LogP) is 4.65. The number of phenols is 1. The van der Waals surface area contributed by atoms with E-state index in [-0.39, 0.29) is 36.4 Å². The lowest BCUT2D eigenvalue weighted by molar-refractivity contribution is -0.143. The van der Waals surface area contributed by atoms with E-state index in [9.17, 15) is 33.8 Å². The highest BCUT2D eigenvalue weighted by Crippen LogP contribution is 2.65. The van der Waals surface area contributed by atoms with Gasteiger partial charge >= 0.3 is 5.97 Å². The number of aliphatic carboxylic acids is 1. The van der Waals surface area contributed by atoms with Gasteiger partial charge in [0.25, 0.3) is 11.8 Å². The number of methoxy groups -OCH3 is 1. The van der Waals surface area contributed by atoms with Crippen molar-refractivity contribution in [1.29, 1.82) is 0 Å². The Kier molecular flexibility index (Phi) is 7.93. The Morgan fingerprint density at radius 3 is 2.39 bits per heavy atom. The number of ether oxygens (including phenoxy) is 1. The van der Waals surface area contributed by atoms with Crippen molar-refractivity contribution in [3.8, 4) is 11.5 Å². The van der Waals surface area contributed by atoms with Crippen molar-refractivity contribution in [1.82, 2.24) is 9.91 Å². The summed E-state index contributed by atoms with van der Waals surface area (Å²) < 4.78 is 19.3. The van der Waals surface area contributed by atoms with Gasteiger partial charge in [-0.3, -0.25) is 34.3 Å². The number of nitrogens with one attached hydrogen (secondary N) is 1. The van der Waals surface area contributed by atoms with Crippen LogP contribution in [0.4, 0.5) is 10.1 Å². The van der Waals surface area contributed by atoms with Crippen LogP contribution in [0.2, 0.25) is 5.02 Å². The third kappa shape index (κ3) is 4.96. The van der Waals surface area contributed by atoms with E-state index in [4.69, 9.17) is 16.3 Å². The highest BCUT2D eigenvalue weighted by molar-refractivity contribution is 6.30. The molecule has 4 aliphatic rings. The van der Waals surface area contributed by atoms with Crippen LogP contribution >= 0.6 is 11.6 Å². The lowest BCUT2D eigenvalue weighted by Crippen LogP contribution is -2.53. The Morgan fingerprint density at radius 2 is 1.71 bits per heavy atom. The van der Waals surface area contributed by atoms with Crippen molar-refractivity contribution in [2.45, 2.75) is 30.6 Å². The molecule has 49 heavy (non-hydrogen) atoms. The van der Waals surface area contributed by atoms with Crippen LogP contribution in [0.25, 0.3) is 0 Å². The number of aromatic hydroxyl groups is 1. The summed E-state index contributed by atoms with van der Waals surface area (Å²) in [5.41, 5.74) is 2.78. The number of hydrogen-bond donors (Lipinski definition) is 3. The van der Waals surface area contributed by atoms with Gasteiger partial charge in [0, 0.05) is 23.0 Å². The van der Waals surface area contributed by atoms with Gasteiger partial charge in [-0.25, -0.2) is 4.39 Å². The second-order valence-corrected chi connectivity index (χ2v) is 13.2. The van der Waals surface area contributed by atoms with Gasteiger partial charge in [0.05, 0.1) is 42.4 Å². The molecule has 2 aliphatic carbocycles. The van der Waals surface area contributed by atoms with Crippen LogP contribution in [-0.4, -0.2) is 63.4 Å². The molecule has 4 amide bonds. The number of phenolic OH excluding ortho intramolecular Hbond substituents is 1. The molecule has 6 unspecified atom stereocenters. The molecule has 0 radical (unpaired) electrons. The number of anilines is 1. The fourth-order valence-corrected chi connectivity index (χ4v) is 8.51. The van der Waals surface area contributed by atoms with Crippen molar-refractivity contribution in [2.75, 3.05) is 19.1 Å². The number of likely N-dealkylation sites (tertiary alicyclic amines) is 1. The van der Waals surface area contributed by atoms with Crippen LogP contribution in [0.1, 0.15) is 36.3 Å².